The maximum absolute atomic E-state index is 12.8. The van der Waals surface area contributed by atoms with Crippen LogP contribution in [0.15, 0.2) is 60.7 Å². The zero-order chi connectivity index (χ0) is 24.2. The first kappa shape index (κ1) is 23.3. The number of carbonyl (C=O) groups excluding carboxylic acids is 3. The molecule has 7 nitrogen and oxygen atoms in total. The van der Waals surface area contributed by atoms with Gasteiger partial charge in [-0.3, -0.25) is 14.4 Å². The van der Waals surface area contributed by atoms with E-state index in [4.69, 9.17) is 5.73 Å². The SMILES string of the molecule is C/C=C\C=C(/C)c1ccc(N)c(NC(=O)c2ccc(CN3CC4CCCN4C(=O)C3=O)cc2)c1. The number of amides is 3. The van der Waals surface area contributed by atoms with Gasteiger partial charge in [-0.1, -0.05) is 36.4 Å². The number of nitrogens with one attached hydrogen (secondary N) is 1. The van der Waals surface area contributed by atoms with E-state index in [1.54, 1.807) is 28.0 Å². The van der Waals surface area contributed by atoms with Gasteiger partial charge in [-0.05, 0) is 67.7 Å². The third kappa shape index (κ3) is 4.88. The number of benzene rings is 2. The predicted octanol–water partition coefficient (Wildman–Crippen LogP) is 3.83. The average molecular weight is 459 g/mol. The molecule has 0 aromatic heterocycles. The molecule has 2 aliphatic heterocycles. The van der Waals surface area contributed by atoms with E-state index in [2.05, 4.69) is 5.32 Å². The molecule has 3 amide bonds. The van der Waals surface area contributed by atoms with E-state index in [1.165, 1.54) is 0 Å². The molecular formula is C27H30N4O3. The number of carbonyl (C=O) groups is 3. The van der Waals surface area contributed by atoms with Crippen molar-refractivity contribution in [2.24, 2.45) is 0 Å². The number of hydrogen-bond acceptors (Lipinski definition) is 4. The van der Waals surface area contributed by atoms with Crippen LogP contribution in [-0.4, -0.2) is 46.7 Å². The Hall–Kier alpha value is -3.87. The molecule has 3 N–H and O–H groups in total. The maximum atomic E-state index is 12.8. The highest BCUT2D eigenvalue weighted by molar-refractivity contribution is 6.35. The van der Waals surface area contributed by atoms with Crippen LogP contribution in [0.5, 0.6) is 0 Å². The van der Waals surface area contributed by atoms with Crippen LogP contribution in [0.1, 0.15) is 48.2 Å². The van der Waals surface area contributed by atoms with Crippen molar-refractivity contribution in [2.75, 3.05) is 24.1 Å². The van der Waals surface area contributed by atoms with Crippen molar-refractivity contribution in [3.05, 3.63) is 77.4 Å². The molecule has 7 heteroatoms. The molecule has 2 aliphatic rings. The van der Waals surface area contributed by atoms with Crippen molar-refractivity contribution in [2.45, 2.75) is 39.3 Å². The fourth-order valence-corrected chi connectivity index (χ4v) is 4.45. The van der Waals surface area contributed by atoms with Crippen LogP contribution in [0.25, 0.3) is 5.57 Å². The number of piperazine rings is 1. The lowest BCUT2D eigenvalue weighted by Crippen LogP contribution is -2.56. The predicted molar refractivity (Wildman–Crippen MR) is 134 cm³/mol. The standard InChI is InChI=1S/C27H30N4O3/c1-3-4-6-18(2)21-12-13-23(28)24(15-21)29-25(32)20-10-8-19(9-11-20)16-30-17-22-7-5-14-31(22)27(34)26(30)33/h3-4,6,8-13,15,22H,5,7,14,16-17,28H2,1-2H3,(H,29,32)/b4-3-,18-6+. The Morgan fingerprint density at radius 1 is 1.12 bits per heavy atom. The number of anilines is 2. The summed E-state index contributed by atoms with van der Waals surface area (Å²) in [6.07, 6.45) is 7.79. The second-order valence-corrected chi connectivity index (χ2v) is 8.81. The number of fused-ring (bicyclic) bond motifs is 1. The Morgan fingerprint density at radius 2 is 1.85 bits per heavy atom. The quantitative estimate of drug-likeness (QED) is 0.391. The van der Waals surface area contributed by atoms with Gasteiger partial charge in [0.1, 0.15) is 0 Å². The summed E-state index contributed by atoms with van der Waals surface area (Å²) in [5.74, 6) is -1.12. The van der Waals surface area contributed by atoms with E-state index in [-0.39, 0.29) is 11.9 Å². The van der Waals surface area contributed by atoms with Crippen molar-refractivity contribution in [3.8, 4) is 0 Å². The minimum absolute atomic E-state index is 0.118. The van der Waals surface area contributed by atoms with Crippen molar-refractivity contribution >= 4 is 34.7 Å². The Labute approximate surface area is 199 Å². The van der Waals surface area contributed by atoms with Gasteiger partial charge in [-0.2, -0.15) is 0 Å². The molecule has 0 aliphatic carbocycles. The summed E-state index contributed by atoms with van der Waals surface area (Å²) in [5.41, 5.74) is 10.5. The van der Waals surface area contributed by atoms with E-state index >= 15 is 0 Å². The van der Waals surface area contributed by atoms with Crippen LogP contribution < -0.4 is 11.1 Å². The molecule has 2 heterocycles. The van der Waals surface area contributed by atoms with E-state index in [0.29, 0.717) is 36.6 Å². The van der Waals surface area contributed by atoms with Gasteiger partial charge < -0.3 is 20.9 Å². The first-order valence-corrected chi connectivity index (χ1v) is 11.6. The van der Waals surface area contributed by atoms with Gasteiger partial charge >= 0.3 is 11.8 Å². The molecule has 1 atom stereocenters. The largest absolute Gasteiger partial charge is 0.397 e. The average Bonchev–Trinajstić information content (AvgIpc) is 3.31. The molecule has 176 valence electrons. The molecule has 4 rings (SSSR count). The number of nitrogens with two attached hydrogens (primary N) is 1. The van der Waals surface area contributed by atoms with Gasteiger partial charge in [-0.15, -0.1) is 0 Å². The van der Waals surface area contributed by atoms with Gasteiger partial charge in [0.15, 0.2) is 0 Å². The summed E-state index contributed by atoms with van der Waals surface area (Å²) < 4.78 is 0. The number of nitrogens with zero attached hydrogens (tertiary/aromatic N) is 2. The van der Waals surface area contributed by atoms with E-state index in [1.807, 2.05) is 56.3 Å². The van der Waals surface area contributed by atoms with Crippen LogP contribution in [-0.2, 0) is 16.1 Å². The van der Waals surface area contributed by atoms with Crippen LogP contribution in [0.2, 0.25) is 0 Å². The Morgan fingerprint density at radius 3 is 2.59 bits per heavy atom. The summed E-state index contributed by atoms with van der Waals surface area (Å²) in [6.45, 7) is 5.54. The second-order valence-electron chi connectivity index (χ2n) is 8.81. The lowest BCUT2D eigenvalue weighted by Gasteiger charge is -2.36. The normalized spacial score (nSPS) is 18.5. The molecule has 0 spiro atoms. The smallest absolute Gasteiger partial charge is 0.312 e. The zero-order valence-electron chi connectivity index (χ0n) is 19.6. The van der Waals surface area contributed by atoms with Gasteiger partial charge in [-0.25, -0.2) is 0 Å². The Kier molecular flexibility index (Phi) is 6.82. The molecule has 0 saturated carbocycles. The van der Waals surface area contributed by atoms with Gasteiger partial charge in [0.2, 0.25) is 0 Å². The molecule has 2 fully saturated rings. The summed E-state index contributed by atoms with van der Waals surface area (Å²) in [5, 5.41) is 2.89. The molecule has 1 unspecified atom stereocenters. The lowest BCUT2D eigenvalue weighted by atomic mass is 10.0. The first-order valence-electron chi connectivity index (χ1n) is 11.6. The monoisotopic (exact) mass is 458 g/mol. The number of nitrogen functional groups attached to an aromatic ring is 1. The van der Waals surface area contributed by atoms with Crippen molar-refractivity contribution < 1.29 is 14.4 Å². The van der Waals surface area contributed by atoms with Crippen LogP contribution in [0.4, 0.5) is 11.4 Å². The van der Waals surface area contributed by atoms with Gasteiger partial charge in [0.05, 0.1) is 11.4 Å². The highest BCUT2D eigenvalue weighted by atomic mass is 16.2. The topological polar surface area (TPSA) is 95.7 Å². The van der Waals surface area contributed by atoms with Crippen LogP contribution in [0.3, 0.4) is 0 Å². The Bertz CT molecular complexity index is 1170. The Balaban J connectivity index is 1.43. The fourth-order valence-electron chi connectivity index (χ4n) is 4.45. The summed E-state index contributed by atoms with van der Waals surface area (Å²) >= 11 is 0. The van der Waals surface area contributed by atoms with Gasteiger partial charge in [0.25, 0.3) is 5.91 Å². The highest BCUT2D eigenvalue weighted by Crippen LogP contribution is 2.26. The minimum Gasteiger partial charge on any atom is -0.397 e. The van der Waals surface area contributed by atoms with Crippen molar-refractivity contribution in [1.29, 1.82) is 0 Å². The molecule has 0 bridgehead atoms. The van der Waals surface area contributed by atoms with E-state index in [9.17, 15) is 14.4 Å². The highest BCUT2D eigenvalue weighted by Gasteiger charge is 2.41. The molecule has 2 aromatic carbocycles. The second kappa shape index (κ2) is 9.95. The summed E-state index contributed by atoms with van der Waals surface area (Å²) in [4.78, 5) is 40.9. The van der Waals surface area contributed by atoms with Gasteiger partial charge in [0, 0.05) is 31.2 Å². The molecule has 34 heavy (non-hydrogen) atoms. The van der Waals surface area contributed by atoms with Crippen molar-refractivity contribution in [1.82, 2.24) is 9.80 Å². The molecular weight excluding hydrogens is 428 g/mol. The molecule has 2 aromatic rings. The lowest BCUT2D eigenvalue weighted by molar-refractivity contribution is -0.157. The zero-order valence-corrected chi connectivity index (χ0v) is 19.6. The first-order chi connectivity index (χ1) is 16.4. The third-order valence-corrected chi connectivity index (χ3v) is 6.42. The van der Waals surface area contributed by atoms with Crippen LogP contribution >= 0.6 is 0 Å². The molecule has 2 saturated heterocycles. The van der Waals surface area contributed by atoms with E-state index in [0.717, 1.165) is 29.5 Å². The summed E-state index contributed by atoms with van der Waals surface area (Å²) in [6, 6.07) is 12.8. The van der Waals surface area contributed by atoms with Crippen molar-refractivity contribution in [3.63, 3.8) is 0 Å². The maximum Gasteiger partial charge on any atom is 0.312 e. The number of hydrogen-bond donors (Lipinski definition) is 2. The van der Waals surface area contributed by atoms with E-state index < -0.39 is 11.8 Å². The number of allylic oxidation sites excluding steroid dienone is 4. The minimum atomic E-state index is -0.450. The summed E-state index contributed by atoms with van der Waals surface area (Å²) in [7, 11) is 0. The van der Waals surface area contributed by atoms with Crippen LogP contribution in [0, 0.1) is 0 Å². The molecule has 0 radical (unpaired) electrons. The third-order valence-electron chi connectivity index (χ3n) is 6.42. The fraction of sp³-hybridized carbons (Fsp3) is 0.296. The number of rotatable bonds is 6.